The van der Waals surface area contributed by atoms with Crippen molar-refractivity contribution in [2.75, 3.05) is 20.8 Å². The predicted molar refractivity (Wildman–Crippen MR) is 73.4 cm³/mol. The summed E-state index contributed by atoms with van der Waals surface area (Å²) in [6.45, 7) is 2.14. The van der Waals surface area contributed by atoms with Crippen molar-refractivity contribution in [1.29, 1.82) is 0 Å². The van der Waals surface area contributed by atoms with Crippen molar-refractivity contribution in [1.82, 2.24) is 0 Å². The van der Waals surface area contributed by atoms with E-state index < -0.39 is 12.1 Å². The van der Waals surface area contributed by atoms with E-state index in [0.29, 0.717) is 17.9 Å². The van der Waals surface area contributed by atoms with Gasteiger partial charge in [-0.2, -0.15) is 0 Å². The molecule has 0 saturated heterocycles. The lowest BCUT2D eigenvalue weighted by Gasteiger charge is -2.08. The van der Waals surface area contributed by atoms with Crippen molar-refractivity contribution in [3.05, 3.63) is 23.8 Å². The molecule has 0 bridgehead atoms. The molecule has 8 nitrogen and oxygen atoms in total. The summed E-state index contributed by atoms with van der Waals surface area (Å²) in [7, 11) is 2.90. The summed E-state index contributed by atoms with van der Waals surface area (Å²) >= 11 is 0. The highest BCUT2D eigenvalue weighted by Crippen LogP contribution is 2.27. The van der Waals surface area contributed by atoms with Crippen LogP contribution in [0.3, 0.4) is 0 Å². The molecule has 0 aliphatic carbocycles. The molecule has 22 heavy (non-hydrogen) atoms. The molecule has 0 unspecified atom stereocenters. The van der Waals surface area contributed by atoms with Gasteiger partial charge in [0, 0.05) is 0 Å². The number of rotatable bonds is 8. The smallest absolute Gasteiger partial charge is 0.493 e. The van der Waals surface area contributed by atoms with Crippen LogP contribution in [-0.4, -0.2) is 33.0 Å². The van der Waals surface area contributed by atoms with E-state index in [1.165, 1.54) is 32.4 Å². The summed E-state index contributed by atoms with van der Waals surface area (Å²) in [6, 6.07) is 4.35. The summed E-state index contributed by atoms with van der Waals surface area (Å²) in [5.41, 5.74) is 0.126. The third kappa shape index (κ3) is 5.49. The van der Waals surface area contributed by atoms with E-state index in [-0.39, 0.29) is 12.2 Å². The summed E-state index contributed by atoms with van der Waals surface area (Å²) in [5, 5.41) is 4.08. The zero-order valence-electron chi connectivity index (χ0n) is 12.6. The number of hydrogen-bond acceptors (Lipinski definition) is 8. The predicted octanol–water partition coefficient (Wildman–Crippen LogP) is 2.66. The van der Waals surface area contributed by atoms with Gasteiger partial charge in [-0.1, -0.05) is 13.3 Å². The fourth-order valence-corrected chi connectivity index (χ4v) is 1.41. The Morgan fingerprint density at radius 1 is 1.05 bits per heavy atom. The molecule has 0 aromatic heterocycles. The van der Waals surface area contributed by atoms with Crippen LogP contribution in [-0.2, 0) is 19.6 Å². The molecule has 0 aliphatic rings. The second-order valence-corrected chi connectivity index (χ2v) is 4.04. The van der Waals surface area contributed by atoms with Gasteiger partial charge in [0.15, 0.2) is 11.5 Å². The molecule has 1 aromatic rings. The van der Waals surface area contributed by atoms with E-state index in [4.69, 9.17) is 9.47 Å². The van der Waals surface area contributed by atoms with E-state index in [1.807, 2.05) is 6.92 Å². The van der Waals surface area contributed by atoms with Crippen molar-refractivity contribution in [2.45, 2.75) is 19.8 Å². The van der Waals surface area contributed by atoms with Crippen molar-refractivity contribution >= 4 is 12.1 Å². The number of carbonyl (C=O) groups is 2. The molecule has 0 saturated carbocycles. The van der Waals surface area contributed by atoms with Crippen LogP contribution in [0.5, 0.6) is 11.5 Å². The van der Waals surface area contributed by atoms with Crippen LogP contribution < -0.4 is 9.47 Å². The lowest BCUT2D eigenvalue weighted by atomic mass is 10.2. The summed E-state index contributed by atoms with van der Waals surface area (Å²) in [5.74, 6) is -0.0742. The van der Waals surface area contributed by atoms with E-state index >= 15 is 0 Å². The Hall–Kier alpha value is -2.48. The normalized spacial score (nSPS) is 9.77. The van der Waals surface area contributed by atoms with Gasteiger partial charge in [0.1, 0.15) is 0 Å². The van der Waals surface area contributed by atoms with E-state index in [1.54, 1.807) is 0 Å². The van der Waals surface area contributed by atoms with Crippen molar-refractivity contribution in [2.24, 2.45) is 0 Å². The van der Waals surface area contributed by atoms with Crippen molar-refractivity contribution < 1.29 is 38.6 Å². The average Bonchev–Trinajstić information content (AvgIpc) is 2.54. The van der Waals surface area contributed by atoms with Gasteiger partial charge in [-0.25, -0.2) is 14.5 Å². The third-order valence-electron chi connectivity index (χ3n) is 2.55. The van der Waals surface area contributed by atoms with Crippen LogP contribution in [0.4, 0.5) is 4.79 Å². The summed E-state index contributed by atoms with van der Waals surface area (Å²) in [4.78, 5) is 31.1. The minimum Gasteiger partial charge on any atom is -0.493 e. The second-order valence-electron chi connectivity index (χ2n) is 4.04. The highest BCUT2D eigenvalue weighted by Gasteiger charge is 2.15. The lowest BCUT2D eigenvalue weighted by molar-refractivity contribution is -0.452. The third-order valence-corrected chi connectivity index (χ3v) is 2.55. The number of hydrogen-bond donors (Lipinski definition) is 0. The first-order chi connectivity index (χ1) is 10.6. The zero-order valence-corrected chi connectivity index (χ0v) is 12.6. The van der Waals surface area contributed by atoms with Crippen LogP contribution in [0, 0.1) is 0 Å². The molecule has 0 heterocycles. The molecule has 1 rings (SSSR count). The highest BCUT2D eigenvalue weighted by molar-refractivity contribution is 5.89. The molecule has 0 fully saturated rings. The van der Waals surface area contributed by atoms with Crippen LogP contribution in [0.15, 0.2) is 18.2 Å². The summed E-state index contributed by atoms with van der Waals surface area (Å²) < 4.78 is 14.7. The van der Waals surface area contributed by atoms with E-state index in [9.17, 15) is 9.59 Å². The maximum absolute atomic E-state index is 11.7. The summed E-state index contributed by atoms with van der Waals surface area (Å²) in [6.07, 6.45) is 0.469. The number of carbonyl (C=O) groups excluding carboxylic acids is 2. The van der Waals surface area contributed by atoms with Gasteiger partial charge in [0.2, 0.25) is 0 Å². The molecule has 1 aromatic carbocycles. The van der Waals surface area contributed by atoms with Gasteiger partial charge in [0.05, 0.1) is 31.4 Å². The zero-order chi connectivity index (χ0) is 16.4. The molecule has 0 aliphatic heterocycles. The molecule has 0 N–H and O–H groups in total. The molecule has 0 spiro atoms. The van der Waals surface area contributed by atoms with Gasteiger partial charge < -0.3 is 14.2 Å². The maximum atomic E-state index is 11.7. The number of ether oxygens (including phenoxy) is 3. The molecule has 8 heteroatoms. The van der Waals surface area contributed by atoms with Crippen LogP contribution in [0.1, 0.15) is 30.1 Å². The Kier molecular flexibility index (Phi) is 7.55. The first-order valence-electron chi connectivity index (χ1n) is 6.56. The van der Waals surface area contributed by atoms with Crippen molar-refractivity contribution in [3.8, 4) is 11.5 Å². The topological polar surface area (TPSA) is 89.5 Å². The maximum Gasteiger partial charge on any atom is 0.543 e. The van der Waals surface area contributed by atoms with Gasteiger partial charge in [0.25, 0.3) is 0 Å². The molecule has 122 valence electrons. The Balaban J connectivity index is 2.44. The first kappa shape index (κ1) is 17.6. The van der Waals surface area contributed by atoms with Crippen LogP contribution in [0.2, 0.25) is 0 Å². The number of unbranched alkanes of at least 4 members (excludes halogenated alkanes) is 1. The second kappa shape index (κ2) is 9.46. The van der Waals surface area contributed by atoms with Crippen molar-refractivity contribution in [3.63, 3.8) is 0 Å². The van der Waals surface area contributed by atoms with E-state index in [0.717, 1.165) is 6.42 Å². The van der Waals surface area contributed by atoms with Gasteiger partial charge in [-0.05, 0) is 24.6 Å². The SMILES string of the molecule is CCCCOC(=O)OOOC(=O)c1ccc(OC)c(OC)c1. The Morgan fingerprint density at radius 3 is 2.41 bits per heavy atom. The lowest BCUT2D eigenvalue weighted by Crippen LogP contribution is -2.12. The van der Waals surface area contributed by atoms with Gasteiger partial charge in [-0.3, -0.25) is 4.89 Å². The largest absolute Gasteiger partial charge is 0.543 e. The fourth-order valence-electron chi connectivity index (χ4n) is 1.41. The molecule has 0 amide bonds. The van der Waals surface area contributed by atoms with Gasteiger partial charge in [-0.15, -0.1) is 0 Å². The van der Waals surface area contributed by atoms with E-state index in [2.05, 4.69) is 19.6 Å². The quantitative estimate of drug-likeness (QED) is 0.313. The molecule has 0 atom stereocenters. The molecular weight excluding hydrogens is 296 g/mol. The average molecular weight is 314 g/mol. The molecule has 0 radical (unpaired) electrons. The minimum absolute atomic E-state index is 0.126. The molecular formula is C14H18O8. The minimum atomic E-state index is -1.09. The Labute approximate surface area is 127 Å². The van der Waals surface area contributed by atoms with Gasteiger partial charge >= 0.3 is 12.1 Å². The number of benzene rings is 1. The Morgan fingerprint density at radius 2 is 1.77 bits per heavy atom. The first-order valence-corrected chi connectivity index (χ1v) is 6.56. The fraction of sp³-hybridized carbons (Fsp3) is 0.429. The number of methoxy groups -OCH3 is 2. The monoisotopic (exact) mass is 314 g/mol. The van der Waals surface area contributed by atoms with Crippen LogP contribution in [0.25, 0.3) is 0 Å². The standard InChI is InChI=1S/C14H18O8/c1-4-5-8-19-14(16)21-22-20-13(15)10-6-7-11(17-2)12(9-10)18-3/h6-7,9H,4-5,8H2,1-3H3. The van der Waals surface area contributed by atoms with Crippen LogP contribution >= 0.6 is 0 Å². The Bertz CT molecular complexity index is 500. The highest BCUT2D eigenvalue weighted by atomic mass is 17.5.